The molecule has 0 spiro atoms. The Balaban J connectivity index is 1.33. The van der Waals surface area contributed by atoms with Gasteiger partial charge < -0.3 is 23.6 Å². The predicted molar refractivity (Wildman–Crippen MR) is 134 cm³/mol. The molecule has 1 aliphatic rings. The second-order valence-electron chi connectivity index (χ2n) is 9.06. The highest BCUT2D eigenvalue weighted by Gasteiger charge is 2.25. The van der Waals surface area contributed by atoms with Crippen molar-refractivity contribution in [3.8, 4) is 11.5 Å². The monoisotopic (exact) mass is 474 g/mol. The van der Waals surface area contributed by atoms with E-state index < -0.39 is 5.97 Å². The van der Waals surface area contributed by atoms with E-state index in [0.29, 0.717) is 18.2 Å². The van der Waals surface area contributed by atoms with E-state index in [0.717, 1.165) is 49.5 Å². The van der Waals surface area contributed by atoms with Crippen LogP contribution >= 0.6 is 0 Å². The second-order valence-corrected chi connectivity index (χ2v) is 9.06. The van der Waals surface area contributed by atoms with Crippen molar-refractivity contribution in [2.24, 2.45) is 0 Å². The van der Waals surface area contributed by atoms with Crippen LogP contribution in [-0.4, -0.2) is 47.9 Å². The van der Waals surface area contributed by atoms with E-state index in [1.54, 1.807) is 25.5 Å². The van der Waals surface area contributed by atoms with Crippen molar-refractivity contribution in [2.45, 2.75) is 31.8 Å². The van der Waals surface area contributed by atoms with Crippen molar-refractivity contribution in [3.05, 3.63) is 83.4 Å². The summed E-state index contributed by atoms with van der Waals surface area (Å²) in [5.74, 6) is 1.66. The van der Waals surface area contributed by atoms with E-state index in [4.69, 9.17) is 13.9 Å². The van der Waals surface area contributed by atoms with Crippen LogP contribution in [0.2, 0.25) is 0 Å². The predicted octanol–water partition coefficient (Wildman–Crippen LogP) is 5.38. The van der Waals surface area contributed by atoms with Gasteiger partial charge in [0.25, 0.3) is 0 Å². The molecular formula is C28H30N2O5. The number of carboxylic acids is 1. The minimum absolute atomic E-state index is 0.207. The van der Waals surface area contributed by atoms with Crippen LogP contribution in [0.25, 0.3) is 10.9 Å². The van der Waals surface area contributed by atoms with E-state index in [2.05, 4.69) is 27.8 Å². The van der Waals surface area contributed by atoms with Crippen molar-refractivity contribution in [2.75, 3.05) is 27.3 Å². The number of benzene rings is 2. The van der Waals surface area contributed by atoms with Gasteiger partial charge in [-0.2, -0.15) is 0 Å². The van der Waals surface area contributed by atoms with Crippen molar-refractivity contribution in [3.63, 3.8) is 0 Å². The summed E-state index contributed by atoms with van der Waals surface area (Å²) in [6, 6.07) is 15.6. The van der Waals surface area contributed by atoms with Crippen LogP contribution in [0.3, 0.4) is 0 Å². The van der Waals surface area contributed by atoms with Crippen LogP contribution < -0.4 is 9.47 Å². The van der Waals surface area contributed by atoms with Gasteiger partial charge in [-0.1, -0.05) is 6.07 Å². The highest BCUT2D eigenvalue weighted by molar-refractivity contribution is 5.91. The number of hydrogen-bond acceptors (Lipinski definition) is 5. The third kappa shape index (κ3) is 4.77. The van der Waals surface area contributed by atoms with Crippen LogP contribution in [0, 0.1) is 0 Å². The molecule has 4 aromatic rings. The number of fused-ring (bicyclic) bond motifs is 1. The molecule has 3 heterocycles. The van der Waals surface area contributed by atoms with Gasteiger partial charge in [-0.3, -0.25) is 4.90 Å². The Labute approximate surface area is 204 Å². The van der Waals surface area contributed by atoms with E-state index in [1.165, 1.54) is 23.6 Å². The van der Waals surface area contributed by atoms with Crippen LogP contribution in [0.5, 0.6) is 11.5 Å². The van der Waals surface area contributed by atoms with Crippen LogP contribution in [0.4, 0.5) is 0 Å². The lowest BCUT2D eigenvalue weighted by Crippen LogP contribution is -2.32. The minimum atomic E-state index is -0.969. The highest BCUT2D eigenvalue weighted by atomic mass is 16.5. The quantitative estimate of drug-likeness (QED) is 0.370. The molecule has 2 aromatic carbocycles. The summed E-state index contributed by atoms with van der Waals surface area (Å²) in [7, 11) is 3.20. The topological polar surface area (TPSA) is 77.1 Å². The lowest BCUT2D eigenvalue weighted by atomic mass is 9.89. The Kier molecular flexibility index (Phi) is 6.51. The van der Waals surface area contributed by atoms with E-state index in [-0.39, 0.29) is 5.56 Å². The summed E-state index contributed by atoms with van der Waals surface area (Å²) in [5.41, 5.74) is 3.72. The van der Waals surface area contributed by atoms with Crippen molar-refractivity contribution in [1.82, 2.24) is 9.47 Å². The Morgan fingerprint density at radius 2 is 1.89 bits per heavy atom. The van der Waals surface area contributed by atoms with E-state index in [1.807, 2.05) is 24.3 Å². The van der Waals surface area contributed by atoms with Gasteiger partial charge in [-0.05, 0) is 85.4 Å². The van der Waals surface area contributed by atoms with E-state index in [9.17, 15) is 9.90 Å². The number of nitrogens with zero attached hydrogens (tertiary/aromatic N) is 2. The standard InChI is InChI=1S/C28H30N2O5/c1-33-21-6-7-26-23(15-21)25(18-30(26)17-22-4-3-13-35-22)20-9-11-29(12-10-20)16-19-5-8-27(34-2)24(14-19)28(31)32/h3-8,13-15,18,20H,9-12,16-17H2,1-2H3,(H,31,32). The van der Waals surface area contributed by atoms with Gasteiger partial charge in [0, 0.05) is 23.6 Å². The maximum absolute atomic E-state index is 11.6. The van der Waals surface area contributed by atoms with Gasteiger partial charge in [0.15, 0.2) is 0 Å². The van der Waals surface area contributed by atoms with E-state index >= 15 is 0 Å². The average Bonchev–Trinajstić information content (AvgIpc) is 3.52. The first-order valence-corrected chi connectivity index (χ1v) is 11.9. The number of piperidine rings is 1. The number of likely N-dealkylation sites (tertiary alicyclic amines) is 1. The number of ether oxygens (including phenoxy) is 2. The summed E-state index contributed by atoms with van der Waals surface area (Å²) in [6.45, 7) is 3.32. The van der Waals surface area contributed by atoms with Crippen molar-refractivity contribution >= 4 is 16.9 Å². The molecule has 1 aliphatic heterocycles. The zero-order valence-corrected chi connectivity index (χ0v) is 20.1. The molecule has 0 saturated carbocycles. The van der Waals surface area contributed by atoms with Crippen LogP contribution in [-0.2, 0) is 13.1 Å². The fraction of sp³-hybridized carbons (Fsp3) is 0.321. The molecule has 0 unspecified atom stereocenters. The Morgan fingerprint density at radius 3 is 2.57 bits per heavy atom. The number of aromatic nitrogens is 1. The number of aromatic carboxylic acids is 1. The average molecular weight is 475 g/mol. The molecule has 1 fully saturated rings. The third-order valence-electron chi connectivity index (χ3n) is 6.95. The first-order valence-electron chi connectivity index (χ1n) is 11.9. The number of carbonyl (C=O) groups is 1. The van der Waals surface area contributed by atoms with Crippen LogP contribution in [0.1, 0.15) is 46.0 Å². The molecule has 0 radical (unpaired) electrons. The minimum Gasteiger partial charge on any atom is -0.497 e. The molecule has 0 amide bonds. The summed E-state index contributed by atoms with van der Waals surface area (Å²) in [5, 5.41) is 10.7. The molecule has 7 nitrogen and oxygen atoms in total. The van der Waals surface area contributed by atoms with Crippen LogP contribution in [0.15, 0.2) is 65.4 Å². The summed E-state index contributed by atoms with van der Waals surface area (Å²) in [6.07, 6.45) is 6.07. The lowest BCUT2D eigenvalue weighted by Gasteiger charge is -2.32. The number of furan rings is 1. The first-order chi connectivity index (χ1) is 17.1. The maximum Gasteiger partial charge on any atom is 0.339 e. The lowest BCUT2D eigenvalue weighted by molar-refractivity contribution is 0.0693. The molecule has 182 valence electrons. The summed E-state index contributed by atoms with van der Waals surface area (Å²) in [4.78, 5) is 14.0. The Hall–Kier alpha value is -3.71. The Morgan fingerprint density at radius 1 is 1.06 bits per heavy atom. The molecule has 1 saturated heterocycles. The third-order valence-corrected chi connectivity index (χ3v) is 6.95. The number of hydrogen-bond donors (Lipinski definition) is 1. The zero-order valence-electron chi connectivity index (χ0n) is 20.1. The van der Waals surface area contributed by atoms with Crippen molar-refractivity contribution < 1.29 is 23.8 Å². The summed E-state index contributed by atoms with van der Waals surface area (Å²) < 4.78 is 18.6. The number of methoxy groups -OCH3 is 2. The smallest absolute Gasteiger partial charge is 0.339 e. The first kappa shape index (κ1) is 23.1. The largest absolute Gasteiger partial charge is 0.497 e. The highest BCUT2D eigenvalue weighted by Crippen LogP contribution is 2.37. The second kappa shape index (κ2) is 9.88. The molecule has 7 heteroatoms. The molecule has 5 rings (SSSR count). The van der Waals surface area contributed by atoms with Gasteiger partial charge in [0.2, 0.25) is 0 Å². The molecule has 1 N–H and O–H groups in total. The van der Waals surface area contributed by atoms with Gasteiger partial charge in [-0.25, -0.2) is 4.79 Å². The number of rotatable bonds is 8. The summed E-state index contributed by atoms with van der Waals surface area (Å²) >= 11 is 0. The zero-order chi connectivity index (χ0) is 24.4. The normalized spacial score (nSPS) is 14.9. The Bertz CT molecular complexity index is 1320. The van der Waals surface area contributed by atoms with Crippen molar-refractivity contribution in [1.29, 1.82) is 0 Å². The fourth-order valence-corrected chi connectivity index (χ4v) is 5.14. The van der Waals surface area contributed by atoms with Gasteiger partial charge in [-0.15, -0.1) is 0 Å². The molecule has 2 aromatic heterocycles. The number of carboxylic acid groups (broad SMARTS) is 1. The fourth-order valence-electron chi connectivity index (χ4n) is 5.14. The van der Waals surface area contributed by atoms with Gasteiger partial charge in [0.1, 0.15) is 22.8 Å². The van der Waals surface area contributed by atoms with Gasteiger partial charge in [0.05, 0.1) is 27.0 Å². The molecular weight excluding hydrogens is 444 g/mol. The maximum atomic E-state index is 11.6. The molecule has 0 atom stereocenters. The molecule has 0 aliphatic carbocycles. The SMILES string of the molecule is COc1ccc2c(c1)c(C1CCN(Cc3ccc(OC)c(C(=O)O)c3)CC1)cn2Cc1ccco1. The molecule has 35 heavy (non-hydrogen) atoms. The van der Waals surface area contributed by atoms with Gasteiger partial charge >= 0.3 is 5.97 Å². The molecule has 0 bridgehead atoms.